The second kappa shape index (κ2) is 7.59. The summed E-state index contributed by atoms with van der Waals surface area (Å²) >= 11 is 1.36. The third-order valence-electron chi connectivity index (χ3n) is 2.56. The van der Waals surface area contributed by atoms with Crippen molar-refractivity contribution in [2.45, 2.75) is 11.8 Å². The second-order valence-corrected chi connectivity index (χ2v) is 5.21. The number of hydrogen-bond acceptors (Lipinski definition) is 5. The van der Waals surface area contributed by atoms with Crippen LogP contribution in [-0.2, 0) is 4.79 Å². The molecule has 0 amide bonds. The van der Waals surface area contributed by atoms with Gasteiger partial charge in [0.25, 0.3) is 0 Å². The minimum absolute atomic E-state index is 0.205. The fourth-order valence-electron chi connectivity index (χ4n) is 1.62. The monoisotopic (exact) mass is 304 g/mol. The van der Waals surface area contributed by atoms with Gasteiger partial charge in [-0.1, -0.05) is 0 Å². The fraction of sp³-hybridized carbons (Fsp3) is 0.188. The first kappa shape index (κ1) is 15.3. The number of carbonyl (C=O) groups is 1. The van der Waals surface area contributed by atoms with Crippen LogP contribution in [0.5, 0.6) is 17.2 Å². The molecular formula is C16H16O4S. The number of benzene rings is 2. The van der Waals surface area contributed by atoms with Crippen molar-refractivity contribution in [1.29, 1.82) is 0 Å². The molecule has 21 heavy (non-hydrogen) atoms. The van der Waals surface area contributed by atoms with E-state index in [-0.39, 0.29) is 17.5 Å². The molecule has 2 rings (SSSR count). The number of esters is 1. The van der Waals surface area contributed by atoms with Gasteiger partial charge in [-0.3, -0.25) is 4.79 Å². The van der Waals surface area contributed by atoms with Crippen LogP contribution in [0.15, 0.2) is 53.4 Å². The lowest BCUT2D eigenvalue weighted by atomic mass is 10.3. The molecule has 2 aromatic carbocycles. The van der Waals surface area contributed by atoms with E-state index in [0.29, 0.717) is 12.4 Å². The normalized spacial score (nSPS) is 10.1. The standard InChI is InChI=1S/C16H16O4S/c1-2-19-13-5-7-14(8-6-13)20-16(18)11-21-15-9-3-12(17)4-10-15/h3-10,17H,2,11H2,1H3. The minimum Gasteiger partial charge on any atom is -0.508 e. The van der Waals surface area contributed by atoms with Gasteiger partial charge in [-0.15, -0.1) is 11.8 Å². The first-order valence-electron chi connectivity index (χ1n) is 6.52. The summed E-state index contributed by atoms with van der Waals surface area (Å²) in [6, 6.07) is 13.6. The highest BCUT2D eigenvalue weighted by molar-refractivity contribution is 8.00. The lowest BCUT2D eigenvalue weighted by molar-refractivity contribution is -0.131. The van der Waals surface area contributed by atoms with Gasteiger partial charge in [0.2, 0.25) is 0 Å². The first-order valence-corrected chi connectivity index (χ1v) is 7.51. The quantitative estimate of drug-likeness (QED) is 0.503. The Morgan fingerprint density at radius 1 is 1.05 bits per heavy atom. The van der Waals surface area contributed by atoms with Crippen LogP contribution in [0.25, 0.3) is 0 Å². The summed E-state index contributed by atoms with van der Waals surface area (Å²) in [5.41, 5.74) is 0. The van der Waals surface area contributed by atoms with Crippen molar-refractivity contribution in [2.75, 3.05) is 12.4 Å². The van der Waals surface area contributed by atoms with Crippen molar-refractivity contribution in [1.82, 2.24) is 0 Å². The highest BCUT2D eigenvalue weighted by Gasteiger charge is 2.06. The number of phenolic OH excluding ortho intramolecular Hbond substituents is 1. The lowest BCUT2D eigenvalue weighted by Gasteiger charge is -2.06. The maximum Gasteiger partial charge on any atom is 0.321 e. The summed E-state index contributed by atoms with van der Waals surface area (Å²) in [5, 5.41) is 9.18. The molecular weight excluding hydrogens is 288 g/mol. The Labute approximate surface area is 127 Å². The van der Waals surface area contributed by atoms with Crippen LogP contribution >= 0.6 is 11.8 Å². The van der Waals surface area contributed by atoms with Crippen LogP contribution < -0.4 is 9.47 Å². The van der Waals surface area contributed by atoms with Crippen molar-refractivity contribution in [2.24, 2.45) is 0 Å². The average Bonchev–Trinajstić information content (AvgIpc) is 2.49. The first-order chi connectivity index (χ1) is 10.2. The van der Waals surface area contributed by atoms with Crippen molar-refractivity contribution >= 4 is 17.7 Å². The number of aromatic hydroxyl groups is 1. The summed E-state index contributed by atoms with van der Waals surface area (Å²) in [6.45, 7) is 2.51. The Morgan fingerprint density at radius 3 is 2.29 bits per heavy atom. The SMILES string of the molecule is CCOc1ccc(OC(=O)CSc2ccc(O)cc2)cc1. The molecule has 4 nitrogen and oxygen atoms in total. The molecule has 2 aromatic rings. The largest absolute Gasteiger partial charge is 0.508 e. The van der Waals surface area contributed by atoms with Crippen molar-refractivity contribution in [3.8, 4) is 17.2 Å². The van der Waals surface area contributed by atoms with Crippen LogP contribution in [-0.4, -0.2) is 23.4 Å². The van der Waals surface area contributed by atoms with Gasteiger partial charge in [0, 0.05) is 4.90 Å². The third-order valence-corrected chi connectivity index (χ3v) is 3.55. The van der Waals surface area contributed by atoms with Crippen LogP contribution in [0.2, 0.25) is 0 Å². The third kappa shape index (κ3) is 5.04. The van der Waals surface area contributed by atoms with Crippen molar-refractivity contribution in [3.05, 3.63) is 48.5 Å². The fourth-order valence-corrected chi connectivity index (χ4v) is 2.29. The molecule has 1 N–H and O–H groups in total. The van der Waals surface area contributed by atoms with E-state index in [4.69, 9.17) is 9.47 Å². The number of phenols is 1. The van der Waals surface area contributed by atoms with Gasteiger partial charge in [-0.05, 0) is 55.5 Å². The van der Waals surface area contributed by atoms with E-state index in [1.807, 2.05) is 6.92 Å². The Morgan fingerprint density at radius 2 is 1.67 bits per heavy atom. The van der Waals surface area contributed by atoms with E-state index >= 15 is 0 Å². The van der Waals surface area contributed by atoms with Gasteiger partial charge in [-0.2, -0.15) is 0 Å². The lowest BCUT2D eigenvalue weighted by Crippen LogP contribution is -2.10. The van der Waals surface area contributed by atoms with Gasteiger partial charge >= 0.3 is 5.97 Å². The molecule has 0 aliphatic heterocycles. The summed E-state index contributed by atoms with van der Waals surface area (Å²) in [7, 11) is 0. The van der Waals surface area contributed by atoms with Crippen molar-refractivity contribution < 1.29 is 19.4 Å². The molecule has 0 fully saturated rings. The molecule has 0 saturated carbocycles. The topological polar surface area (TPSA) is 55.8 Å². The molecule has 0 saturated heterocycles. The number of carbonyl (C=O) groups excluding carboxylic acids is 1. The molecule has 0 bridgehead atoms. The van der Waals surface area contributed by atoms with Gasteiger partial charge in [0.15, 0.2) is 0 Å². The highest BCUT2D eigenvalue weighted by Crippen LogP contribution is 2.22. The number of ether oxygens (including phenoxy) is 2. The molecule has 0 aliphatic carbocycles. The maximum atomic E-state index is 11.7. The maximum absolute atomic E-state index is 11.7. The number of hydrogen-bond donors (Lipinski definition) is 1. The predicted octanol–water partition coefficient (Wildman–Crippen LogP) is 3.49. The summed E-state index contributed by atoms with van der Waals surface area (Å²) < 4.78 is 10.5. The van der Waals surface area contributed by atoms with E-state index in [2.05, 4.69) is 0 Å². The Kier molecular flexibility index (Phi) is 5.51. The van der Waals surface area contributed by atoms with Crippen LogP contribution in [0, 0.1) is 0 Å². The molecule has 0 aromatic heterocycles. The molecule has 5 heteroatoms. The average molecular weight is 304 g/mol. The summed E-state index contributed by atoms with van der Waals surface area (Å²) in [4.78, 5) is 12.6. The number of rotatable bonds is 6. The zero-order valence-electron chi connectivity index (χ0n) is 11.6. The highest BCUT2D eigenvalue weighted by atomic mass is 32.2. The van der Waals surface area contributed by atoms with E-state index in [9.17, 15) is 9.90 Å². The summed E-state index contributed by atoms with van der Waals surface area (Å²) in [5.74, 6) is 1.33. The molecule has 0 heterocycles. The second-order valence-electron chi connectivity index (χ2n) is 4.16. The Balaban J connectivity index is 1.82. The van der Waals surface area contributed by atoms with Gasteiger partial charge in [-0.25, -0.2) is 0 Å². The van der Waals surface area contributed by atoms with Crippen LogP contribution in [0.4, 0.5) is 0 Å². The smallest absolute Gasteiger partial charge is 0.321 e. The molecule has 0 radical (unpaired) electrons. The van der Waals surface area contributed by atoms with Crippen LogP contribution in [0.1, 0.15) is 6.92 Å². The van der Waals surface area contributed by atoms with E-state index < -0.39 is 0 Å². The van der Waals surface area contributed by atoms with Crippen molar-refractivity contribution in [3.63, 3.8) is 0 Å². The van der Waals surface area contributed by atoms with Gasteiger partial charge in [0.1, 0.15) is 17.2 Å². The molecule has 0 aliphatic rings. The van der Waals surface area contributed by atoms with E-state index in [0.717, 1.165) is 10.6 Å². The number of thioether (sulfide) groups is 1. The Bertz CT molecular complexity index is 578. The van der Waals surface area contributed by atoms with Crippen LogP contribution in [0.3, 0.4) is 0 Å². The summed E-state index contributed by atoms with van der Waals surface area (Å²) in [6.07, 6.45) is 0. The zero-order valence-corrected chi connectivity index (χ0v) is 12.4. The molecule has 110 valence electrons. The van der Waals surface area contributed by atoms with E-state index in [1.165, 1.54) is 11.8 Å². The molecule has 0 atom stereocenters. The Hall–Kier alpha value is -2.14. The predicted molar refractivity (Wildman–Crippen MR) is 82.1 cm³/mol. The molecule has 0 spiro atoms. The minimum atomic E-state index is -0.322. The molecule has 0 unspecified atom stereocenters. The zero-order chi connectivity index (χ0) is 15.1. The van der Waals surface area contributed by atoms with E-state index in [1.54, 1.807) is 48.5 Å². The van der Waals surface area contributed by atoms with Gasteiger partial charge < -0.3 is 14.6 Å². The van der Waals surface area contributed by atoms with Gasteiger partial charge in [0.05, 0.1) is 12.4 Å².